The Labute approximate surface area is 66.7 Å². The topological polar surface area (TPSA) is 20.2 Å². The average molecular weight is 202 g/mol. The molecule has 31 valence electrons. The number of aliphatic hydroxyl groups is 1. The summed E-state index contributed by atoms with van der Waals surface area (Å²) in [4.78, 5) is 0. The molecule has 0 aliphatic carbocycles. The standard InChI is InChI=1S/C2H5.CH4O.Pr/c2*1-2;/h1H2,2H3;2H,1H3;/q-1;;. The van der Waals surface area contributed by atoms with E-state index in [1.807, 2.05) is 0 Å². The first-order chi connectivity index (χ1) is 2.00. The molecule has 0 bridgehead atoms. The first-order valence-electron chi connectivity index (χ1n) is 1.15. The molecule has 0 aromatic rings. The van der Waals surface area contributed by atoms with Crippen LogP contribution in [-0.2, 0) is 0 Å². The summed E-state index contributed by atoms with van der Waals surface area (Å²) in [6.45, 7) is 5.00. The molecule has 0 aromatic heterocycles. The minimum absolute atomic E-state index is 0. The van der Waals surface area contributed by atoms with Crippen molar-refractivity contribution in [2.75, 3.05) is 7.11 Å². The Kier molecular flexibility index (Phi) is 184. The Balaban J connectivity index is -0.0000000133. The van der Waals surface area contributed by atoms with Crippen LogP contribution in [0.1, 0.15) is 6.92 Å². The Hall–Kier alpha value is 1.32. The molecule has 0 amide bonds. The van der Waals surface area contributed by atoms with Gasteiger partial charge in [-0.05, 0) is 0 Å². The summed E-state index contributed by atoms with van der Waals surface area (Å²) in [6.07, 6.45) is 0. The second kappa shape index (κ2) is 56.8. The maximum atomic E-state index is 7.00. The van der Waals surface area contributed by atoms with Gasteiger partial charge in [-0.25, -0.2) is 0 Å². The van der Waals surface area contributed by atoms with Crippen LogP contribution in [-0.4, -0.2) is 12.2 Å². The zero-order valence-corrected chi connectivity index (χ0v) is 7.44. The monoisotopic (exact) mass is 202 g/mol. The van der Waals surface area contributed by atoms with E-state index in [9.17, 15) is 0 Å². The van der Waals surface area contributed by atoms with Gasteiger partial charge < -0.3 is 12.0 Å². The third-order valence-corrected chi connectivity index (χ3v) is 0. The number of hydrogen-bond acceptors (Lipinski definition) is 1. The maximum Gasteiger partial charge on any atom is 0.0319 e. The summed E-state index contributed by atoms with van der Waals surface area (Å²) >= 11 is 0. The van der Waals surface area contributed by atoms with E-state index in [4.69, 9.17) is 5.11 Å². The molecule has 5 heavy (non-hydrogen) atoms. The van der Waals surface area contributed by atoms with Gasteiger partial charge in [-0.3, -0.25) is 0 Å². The van der Waals surface area contributed by atoms with Crippen molar-refractivity contribution in [3.05, 3.63) is 6.92 Å². The number of hydrogen-bond donors (Lipinski definition) is 1. The van der Waals surface area contributed by atoms with E-state index in [-0.39, 0.29) is 41.3 Å². The van der Waals surface area contributed by atoms with E-state index in [0.29, 0.717) is 0 Å². The van der Waals surface area contributed by atoms with Crippen LogP contribution in [0, 0.1) is 48.2 Å². The van der Waals surface area contributed by atoms with Crippen molar-refractivity contribution < 1.29 is 46.4 Å². The SMILES string of the molecule is CO.[CH2-]C.[Pr]. The second-order valence-electron chi connectivity index (χ2n) is 0. The zero-order chi connectivity index (χ0) is 4.00. The summed E-state index contributed by atoms with van der Waals surface area (Å²) < 4.78 is 0. The third-order valence-electron chi connectivity index (χ3n) is 0. The van der Waals surface area contributed by atoms with E-state index in [2.05, 4.69) is 6.92 Å². The van der Waals surface area contributed by atoms with E-state index < -0.39 is 0 Å². The van der Waals surface area contributed by atoms with Crippen molar-refractivity contribution in [1.82, 2.24) is 0 Å². The van der Waals surface area contributed by atoms with Crippen LogP contribution in [0.2, 0.25) is 0 Å². The molecule has 0 atom stereocenters. The molecule has 0 rings (SSSR count). The maximum absolute atomic E-state index is 7.00. The molecular formula is C3H9OPr-. The van der Waals surface area contributed by atoms with Gasteiger partial charge in [0.25, 0.3) is 0 Å². The Morgan fingerprint density at radius 3 is 1.20 bits per heavy atom. The van der Waals surface area contributed by atoms with Gasteiger partial charge in [-0.1, -0.05) is 0 Å². The van der Waals surface area contributed by atoms with Crippen LogP contribution < -0.4 is 0 Å². The molecule has 0 aromatic carbocycles. The van der Waals surface area contributed by atoms with Gasteiger partial charge in [0.05, 0.1) is 0 Å². The van der Waals surface area contributed by atoms with Crippen LogP contribution >= 0.6 is 0 Å². The van der Waals surface area contributed by atoms with E-state index in [1.165, 1.54) is 0 Å². The van der Waals surface area contributed by atoms with E-state index in [1.54, 1.807) is 6.92 Å². The molecule has 1 nitrogen and oxygen atoms in total. The Morgan fingerprint density at radius 2 is 1.20 bits per heavy atom. The van der Waals surface area contributed by atoms with Crippen LogP contribution in [0.4, 0.5) is 0 Å². The van der Waals surface area contributed by atoms with Crippen molar-refractivity contribution in [3.63, 3.8) is 0 Å². The van der Waals surface area contributed by atoms with Crippen LogP contribution in [0.5, 0.6) is 0 Å². The van der Waals surface area contributed by atoms with Gasteiger partial charge in [-0.15, -0.1) is 0 Å². The van der Waals surface area contributed by atoms with Crippen molar-refractivity contribution in [3.8, 4) is 0 Å². The van der Waals surface area contributed by atoms with Crippen LogP contribution in [0.25, 0.3) is 0 Å². The quantitative estimate of drug-likeness (QED) is 0.565. The fourth-order valence-electron chi connectivity index (χ4n) is 0. The van der Waals surface area contributed by atoms with E-state index >= 15 is 0 Å². The molecule has 0 saturated carbocycles. The Morgan fingerprint density at radius 1 is 1.20 bits per heavy atom. The van der Waals surface area contributed by atoms with Crippen molar-refractivity contribution in [2.45, 2.75) is 6.92 Å². The van der Waals surface area contributed by atoms with Gasteiger partial charge in [0.1, 0.15) is 0 Å². The summed E-state index contributed by atoms with van der Waals surface area (Å²) in [5.74, 6) is 0. The Bertz CT molecular complexity index is 6.85. The first kappa shape index (κ1) is 16.2. The average Bonchev–Trinajstić information content (AvgIpc) is 1.50. The zero-order valence-electron chi connectivity index (χ0n) is 3.73. The molecule has 1 N–H and O–H groups in total. The molecule has 0 saturated heterocycles. The van der Waals surface area contributed by atoms with Crippen LogP contribution in [0.3, 0.4) is 0 Å². The molecule has 0 unspecified atom stereocenters. The summed E-state index contributed by atoms with van der Waals surface area (Å²) in [5.41, 5.74) is 0. The largest absolute Gasteiger partial charge is 0.400 e. The molecule has 0 heterocycles. The van der Waals surface area contributed by atoms with Crippen LogP contribution in [0.15, 0.2) is 0 Å². The molecule has 0 spiro atoms. The minimum atomic E-state index is 0. The third kappa shape index (κ3) is 33.6. The molecule has 0 fully saturated rings. The predicted molar refractivity (Wildman–Crippen MR) is 19.2 cm³/mol. The minimum Gasteiger partial charge on any atom is -0.400 e. The van der Waals surface area contributed by atoms with Crippen molar-refractivity contribution in [2.24, 2.45) is 0 Å². The van der Waals surface area contributed by atoms with Gasteiger partial charge in [-0.2, -0.15) is 6.92 Å². The molecule has 0 aliphatic heterocycles. The summed E-state index contributed by atoms with van der Waals surface area (Å²) in [5, 5.41) is 7.00. The number of rotatable bonds is 0. The normalized spacial score (nSPS) is 2.40. The number of aliphatic hydroxyl groups excluding tert-OH is 1. The van der Waals surface area contributed by atoms with Gasteiger partial charge in [0.2, 0.25) is 0 Å². The molecule has 1 radical (unpaired) electrons. The molecule has 0 aliphatic rings. The van der Waals surface area contributed by atoms with Gasteiger partial charge in [0.15, 0.2) is 0 Å². The van der Waals surface area contributed by atoms with E-state index in [0.717, 1.165) is 7.11 Å². The smallest absolute Gasteiger partial charge is 0.0319 e. The van der Waals surface area contributed by atoms with Crippen molar-refractivity contribution in [1.29, 1.82) is 0 Å². The summed E-state index contributed by atoms with van der Waals surface area (Å²) in [6, 6.07) is 0. The predicted octanol–water partition coefficient (Wildman–Crippen LogP) is 0.449. The fraction of sp³-hybridized carbons (Fsp3) is 0.667. The fourth-order valence-corrected chi connectivity index (χ4v) is 0. The van der Waals surface area contributed by atoms with Gasteiger partial charge >= 0.3 is 0 Å². The van der Waals surface area contributed by atoms with Crippen molar-refractivity contribution >= 4 is 0 Å². The molecule has 2 heteroatoms. The second-order valence-corrected chi connectivity index (χ2v) is 0. The molecular weight excluding hydrogens is 193 g/mol. The summed E-state index contributed by atoms with van der Waals surface area (Å²) in [7, 11) is 1.00. The van der Waals surface area contributed by atoms with Gasteiger partial charge in [0, 0.05) is 48.4 Å². The first-order valence-corrected chi connectivity index (χ1v) is 1.15.